The van der Waals surface area contributed by atoms with Gasteiger partial charge in [0.2, 0.25) is 5.78 Å². The molecular formula is C30H20N2O5. The van der Waals surface area contributed by atoms with Crippen LogP contribution < -0.4 is 0 Å². The topological polar surface area (TPSA) is 99.4 Å². The average Bonchev–Trinajstić information content (AvgIpc) is 2.96. The van der Waals surface area contributed by atoms with E-state index in [9.17, 15) is 19.7 Å². The highest BCUT2D eigenvalue weighted by Gasteiger charge is 2.28. The van der Waals surface area contributed by atoms with Crippen molar-refractivity contribution in [2.24, 2.45) is 0 Å². The minimum Gasteiger partial charge on any atom is -0.445 e. The van der Waals surface area contributed by atoms with Crippen LogP contribution in [0.15, 0.2) is 115 Å². The first kappa shape index (κ1) is 23.6. The van der Waals surface area contributed by atoms with E-state index in [1.807, 2.05) is 42.5 Å². The molecule has 5 aromatic rings. The molecule has 0 fully saturated rings. The maximum Gasteiger partial charge on any atom is 0.339 e. The number of Topliss-reactive ketones (excluding diaryl/α,β-unsaturated/α-hetero) is 1. The Morgan fingerprint density at radius 2 is 1.41 bits per heavy atom. The summed E-state index contributed by atoms with van der Waals surface area (Å²) in [6.45, 7) is 0. The molecule has 0 aliphatic heterocycles. The van der Waals surface area contributed by atoms with Crippen LogP contribution >= 0.6 is 0 Å². The molecule has 1 heterocycles. The molecule has 1 atom stereocenters. The van der Waals surface area contributed by atoms with Crippen LogP contribution in [0.4, 0.5) is 5.69 Å². The van der Waals surface area contributed by atoms with E-state index in [1.54, 1.807) is 48.5 Å². The van der Waals surface area contributed by atoms with E-state index >= 15 is 0 Å². The summed E-state index contributed by atoms with van der Waals surface area (Å²) in [6.07, 6.45) is -1.30. The molecule has 0 spiro atoms. The highest BCUT2D eigenvalue weighted by atomic mass is 16.6. The lowest BCUT2D eigenvalue weighted by molar-refractivity contribution is -0.384. The predicted molar refractivity (Wildman–Crippen MR) is 139 cm³/mol. The number of para-hydroxylation sites is 1. The van der Waals surface area contributed by atoms with Gasteiger partial charge >= 0.3 is 5.97 Å². The van der Waals surface area contributed by atoms with E-state index in [2.05, 4.69) is 0 Å². The lowest BCUT2D eigenvalue weighted by atomic mass is 9.99. The van der Waals surface area contributed by atoms with Crippen molar-refractivity contribution in [3.8, 4) is 11.3 Å². The van der Waals surface area contributed by atoms with Crippen LogP contribution in [0.5, 0.6) is 0 Å². The second-order valence-corrected chi connectivity index (χ2v) is 8.30. The van der Waals surface area contributed by atoms with Gasteiger partial charge < -0.3 is 4.74 Å². The average molecular weight is 488 g/mol. The van der Waals surface area contributed by atoms with Gasteiger partial charge in [-0.15, -0.1) is 0 Å². The van der Waals surface area contributed by atoms with Crippen molar-refractivity contribution in [2.45, 2.75) is 6.10 Å². The molecule has 0 aliphatic rings. The Balaban J connectivity index is 1.57. The van der Waals surface area contributed by atoms with Gasteiger partial charge in [-0.05, 0) is 24.3 Å². The molecule has 4 aromatic carbocycles. The van der Waals surface area contributed by atoms with Crippen LogP contribution in [0.3, 0.4) is 0 Å². The van der Waals surface area contributed by atoms with Crippen molar-refractivity contribution in [1.82, 2.24) is 4.98 Å². The number of hydrogen-bond donors (Lipinski definition) is 0. The Labute approximate surface area is 212 Å². The molecule has 7 heteroatoms. The molecule has 0 bridgehead atoms. The highest BCUT2D eigenvalue weighted by molar-refractivity contribution is 6.07. The third-order valence-corrected chi connectivity index (χ3v) is 5.93. The van der Waals surface area contributed by atoms with Gasteiger partial charge in [-0.25, -0.2) is 9.78 Å². The minimum absolute atomic E-state index is 0.131. The number of hydrogen-bond acceptors (Lipinski definition) is 6. The summed E-state index contributed by atoms with van der Waals surface area (Å²) in [5.41, 5.74) is 2.84. The number of pyridine rings is 1. The fourth-order valence-corrected chi connectivity index (χ4v) is 4.07. The van der Waals surface area contributed by atoms with Gasteiger partial charge in [-0.2, -0.15) is 0 Å². The second-order valence-electron chi connectivity index (χ2n) is 8.30. The molecule has 1 aromatic heterocycles. The van der Waals surface area contributed by atoms with E-state index in [-0.39, 0.29) is 11.3 Å². The van der Waals surface area contributed by atoms with Gasteiger partial charge in [-0.3, -0.25) is 14.9 Å². The summed E-state index contributed by atoms with van der Waals surface area (Å²) in [4.78, 5) is 42.4. The first-order valence-corrected chi connectivity index (χ1v) is 11.5. The van der Waals surface area contributed by atoms with Crippen molar-refractivity contribution in [1.29, 1.82) is 0 Å². The van der Waals surface area contributed by atoms with Gasteiger partial charge in [0, 0.05) is 34.2 Å². The van der Waals surface area contributed by atoms with Crippen molar-refractivity contribution >= 4 is 28.3 Å². The Kier molecular flexibility index (Phi) is 6.50. The molecule has 5 rings (SSSR count). The van der Waals surface area contributed by atoms with Gasteiger partial charge in [0.1, 0.15) is 0 Å². The molecule has 0 saturated carbocycles. The number of nitrogens with zero attached hydrogens (tertiary/aromatic N) is 2. The van der Waals surface area contributed by atoms with Gasteiger partial charge in [0.25, 0.3) is 5.69 Å². The van der Waals surface area contributed by atoms with E-state index in [4.69, 9.17) is 9.72 Å². The van der Waals surface area contributed by atoms with Crippen molar-refractivity contribution in [2.75, 3.05) is 0 Å². The summed E-state index contributed by atoms with van der Waals surface area (Å²) < 4.78 is 5.85. The van der Waals surface area contributed by atoms with Crippen LogP contribution in [0.2, 0.25) is 0 Å². The number of carbonyl (C=O) groups excluding carboxylic acids is 2. The maximum absolute atomic E-state index is 13.6. The van der Waals surface area contributed by atoms with E-state index in [1.165, 1.54) is 24.3 Å². The molecule has 0 saturated heterocycles. The number of esters is 1. The fraction of sp³-hybridized carbons (Fsp3) is 0.0333. The van der Waals surface area contributed by atoms with Gasteiger partial charge in [-0.1, -0.05) is 78.9 Å². The Bertz CT molecular complexity index is 1600. The van der Waals surface area contributed by atoms with E-state index in [0.717, 1.165) is 5.56 Å². The molecule has 7 nitrogen and oxygen atoms in total. The highest BCUT2D eigenvalue weighted by Crippen LogP contribution is 2.29. The van der Waals surface area contributed by atoms with Crippen LogP contribution in [0.1, 0.15) is 32.4 Å². The normalized spacial score (nSPS) is 11.6. The monoisotopic (exact) mass is 488 g/mol. The molecular weight excluding hydrogens is 468 g/mol. The molecule has 0 aliphatic carbocycles. The van der Waals surface area contributed by atoms with Gasteiger partial charge in [0.05, 0.1) is 21.7 Å². The number of rotatable bonds is 7. The van der Waals surface area contributed by atoms with Crippen molar-refractivity contribution in [3.05, 3.63) is 142 Å². The first-order chi connectivity index (χ1) is 18.0. The molecule has 0 radical (unpaired) electrons. The number of nitro benzene ring substituents is 1. The summed E-state index contributed by atoms with van der Waals surface area (Å²) >= 11 is 0. The summed E-state index contributed by atoms with van der Waals surface area (Å²) in [6, 6.07) is 32.2. The zero-order valence-corrected chi connectivity index (χ0v) is 19.5. The predicted octanol–water partition coefficient (Wildman–Crippen LogP) is 6.59. The Morgan fingerprint density at radius 3 is 2.08 bits per heavy atom. The zero-order valence-electron chi connectivity index (χ0n) is 19.5. The molecule has 0 N–H and O–H groups in total. The Hall–Kier alpha value is -5.17. The molecule has 0 amide bonds. The van der Waals surface area contributed by atoms with Gasteiger partial charge in [0.15, 0.2) is 6.10 Å². The molecule has 37 heavy (non-hydrogen) atoms. The first-order valence-electron chi connectivity index (χ1n) is 11.5. The lowest BCUT2D eigenvalue weighted by Gasteiger charge is -2.18. The van der Waals surface area contributed by atoms with Crippen LogP contribution in [-0.2, 0) is 4.74 Å². The lowest BCUT2D eigenvalue weighted by Crippen LogP contribution is -2.20. The number of fused-ring (bicyclic) bond motifs is 1. The van der Waals surface area contributed by atoms with Crippen LogP contribution in [-0.4, -0.2) is 21.7 Å². The Morgan fingerprint density at radius 1 is 0.784 bits per heavy atom. The van der Waals surface area contributed by atoms with E-state index in [0.29, 0.717) is 27.7 Å². The smallest absolute Gasteiger partial charge is 0.339 e. The number of aromatic nitrogens is 1. The van der Waals surface area contributed by atoms with Crippen molar-refractivity contribution < 1.29 is 19.2 Å². The largest absolute Gasteiger partial charge is 0.445 e. The number of ketones is 1. The summed E-state index contributed by atoms with van der Waals surface area (Å²) in [7, 11) is 0. The summed E-state index contributed by atoms with van der Waals surface area (Å²) in [5.74, 6) is -1.15. The van der Waals surface area contributed by atoms with Crippen LogP contribution in [0, 0.1) is 10.1 Å². The summed E-state index contributed by atoms with van der Waals surface area (Å²) in [5, 5.41) is 11.7. The number of non-ortho nitro benzene ring substituents is 1. The number of ether oxygens (including phenoxy) is 1. The molecule has 0 unspecified atom stereocenters. The van der Waals surface area contributed by atoms with E-state index < -0.39 is 22.8 Å². The number of carbonyl (C=O) groups is 2. The standard InChI is InChI=1S/C30H20N2O5/c33-28(21-11-5-2-6-12-21)29(22-15-17-23(18-16-22)32(35)36)37-30(34)25-19-27(20-9-3-1-4-10-20)31-26-14-8-7-13-24(25)26/h1-19,29H/t29-/m0/s1. The maximum atomic E-state index is 13.6. The molecule has 180 valence electrons. The number of benzene rings is 4. The number of nitro groups is 1. The quantitative estimate of drug-likeness (QED) is 0.111. The SMILES string of the molecule is O=C(O[C@H](C(=O)c1ccccc1)c1ccc([N+](=O)[O-])cc1)c1cc(-c2ccccc2)nc2ccccc12. The third-order valence-electron chi connectivity index (χ3n) is 5.93. The van der Waals surface area contributed by atoms with Crippen molar-refractivity contribution in [3.63, 3.8) is 0 Å². The van der Waals surface area contributed by atoms with Crippen LogP contribution in [0.25, 0.3) is 22.2 Å². The third kappa shape index (κ3) is 4.97. The fourth-order valence-electron chi connectivity index (χ4n) is 4.07. The minimum atomic E-state index is -1.30. The second kappa shape index (κ2) is 10.2. The zero-order chi connectivity index (χ0) is 25.8.